The first-order chi connectivity index (χ1) is 9.43. The van der Waals surface area contributed by atoms with Crippen LogP contribution in [0.15, 0.2) is 24.3 Å². The van der Waals surface area contributed by atoms with E-state index in [1.807, 2.05) is 0 Å². The molecule has 1 aromatic rings. The van der Waals surface area contributed by atoms with E-state index in [1.54, 1.807) is 24.3 Å². The summed E-state index contributed by atoms with van der Waals surface area (Å²) < 4.78 is 24.9. The Morgan fingerprint density at radius 3 is 2.50 bits per heavy atom. The van der Waals surface area contributed by atoms with Gasteiger partial charge in [0.1, 0.15) is 0 Å². The average molecular weight is 287 g/mol. The van der Waals surface area contributed by atoms with Crippen LogP contribution < -0.4 is 11.1 Å². The van der Waals surface area contributed by atoms with Gasteiger partial charge in [0.05, 0.1) is 19.2 Å². The second-order valence-corrected chi connectivity index (χ2v) is 4.40. The highest BCUT2D eigenvalue weighted by Gasteiger charge is 2.23. The predicted molar refractivity (Wildman–Crippen MR) is 73.6 cm³/mol. The fraction of sp³-hybridized carbons (Fsp3) is 0.462. The number of nitrogens with zero attached hydrogens (tertiary/aromatic N) is 1. The molecule has 4 N–H and O–H groups in total. The van der Waals surface area contributed by atoms with Crippen molar-refractivity contribution in [3.63, 3.8) is 0 Å². The van der Waals surface area contributed by atoms with Crippen LogP contribution in [-0.4, -0.2) is 48.1 Å². The van der Waals surface area contributed by atoms with E-state index in [-0.39, 0.29) is 13.2 Å². The number of halogens is 2. The fourth-order valence-corrected chi connectivity index (χ4v) is 1.73. The van der Waals surface area contributed by atoms with Crippen molar-refractivity contribution in [1.29, 1.82) is 0 Å². The third kappa shape index (κ3) is 5.10. The number of aliphatic hydroxyl groups excluding tert-OH is 1. The number of anilines is 2. The number of benzene rings is 1. The van der Waals surface area contributed by atoms with Crippen molar-refractivity contribution < 1.29 is 18.7 Å². The first-order valence-electron chi connectivity index (χ1n) is 6.23. The van der Waals surface area contributed by atoms with E-state index in [0.29, 0.717) is 11.4 Å². The van der Waals surface area contributed by atoms with Gasteiger partial charge in [0.15, 0.2) is 0 Å². The molecule has 0 aromatic heterocycles. The molecule has 112 valence electrons. The number of carbonyl (C=O) groups is 1. The minimum absolute atomic E-state index is 0.0145. The Labute approximate surface area is 116 Å². The Bertz CT molecular complexity index is 426. The lowest BCUT2D eigenvalue weighted by Gasteiger charge is -2.27. The molecule has 1 unspecified atom stereocenters. The molecule has 1 rings (SSSR count). The van der Waals surface area contributed by atoms with Gasteiger partial charge in [0.25, 0.3) is 6.43 Å². The number of rotatable bonds is 7. The van der Waals surface area contributed by atoms with Crippen LogP contribution >= 0.6 is 0 Å². The molecule has 1 aromatic carbocycles. The Morgan fingerprint density at radius 2 is 2.00 bits per heavy atom. The molecule has 1 amide bonds. The lowest BCUT2D eigenvalue weighted by atomic mass is 10.2. The van der Waals surface area contributed by atoms with E-state index in [0.717, 1.165) is 0 Å². The van der Waals surface area contributed by atoms with E-state index in [1.165, 1.54) is 11.8 Å². The third-order valence-electron chi connectivity index (χ3n) is 2.87. The normalized spacial score (nSPS) is 12.7. The number of nitrogens with one attached hydrogen (secondary N) is 1. The van der Waals surface area contributed by atoms with Gasteiger partial charge in [0.2, 0.25) is 5.91 Å². The SMILES string of the molecule is CC(C(=O)Nc1ccc(N)cc1)N(CCO)CC(F)F. The average Bonchev–Trinajstić information content (AvgIpc) is 2.39. The summed E-state index contributed by atoms with van der Waals surface area (Å²) >= 11 is 0. The van der Waals surface area contributed by atoms with E-state index in [2.05, 4.69) is 5.32 Å². The topological polar surface area (TPSA) is 78.6 Å². The van der Waals surface area contributed by atoms with E-state index < -0.39 is 24.9 Å². The number of hydrogen-bond acceptors (Lipinski definition) is 4. The smallest absolute Gasteiger partial charge is 0.251 e. The lowest BCUT2D eigenvalue weighted by Crippen LogP contribution is -2.45. The Balaban J connectivity index is 2.65. The third-order valence-corrected chi connectivity index (χ3v) is 2.87. The molecule has 0 saturated carbocycles. The predicted octanol–water partition coefficient (Wildman–Crippen LogP) is 1.16. The van der Waals surface area contributed by atoms with Crippen LogP contribution in [0.5, 0.6) is 0 Å². The van der Waals surface area contributed by atoms with Gasteiger partial charge in [-0.05, 0) is 31.2 Å². The quantitative estimate of drug-likeness (QED) is 0.657. The minimum atomic E-state index is -2.56. The first kappa shape index (κ1) is 16.3. The van der Waals surface area contributed by atoms with Crippen LogP contribution in [0, 0.1) is 0 Å². The molecular weight excluding hydrogens is 268 g/mol. The molecule has 0 aliphatic carbocycles. The van der Waals surface area contributed by atoms with Gasteiger partial charge in [-0.1, -0.05) is 0 Å². The summed E-state index contributed by atoms with van der Waals surface area (Å²) in [6.45, 7) is 0.689. The summed E-state index contributed by atoms with van der Waals surface area (Å²) in [5, 5.41) is 11.5. The van der Waals surface area contributed by atoms with E-state index in [4.69, 9.17) is 10.8 Å². The molecule has 1 atom stereocenters. The number of alkyl halides is 2. The fourth-order valence-electron chi connectivity index (χ4n) is 1.73. The van der Waals surface area contributed by atoms with Gasteiger partial charge < -0.3 is 16.2 Å². The molecule has 0 saturated heterocycles. The maximum Gasteiger partial charge on any atom is 0.251 e. The molecule has 0 radical (unpaired) electrons. The first-order valence-corrected chi connectivity index (χ1v) is 6.23. The van der Waals surface area contributed by atoms with Gasteiger partial charge in [-0.3, -0.25) is 9.69 Å². The monoisotopic (exact) mass is 287 g/mol. The minimum Gasteiger partial charge on any atom is -0.399 e. The highest BCUT2D eigenvalue weighted by Crippen LogP contribution is 2.12. The van der Waals surface area contributed by atoms with Crippen LogP contribution in [0.4, 0.5) is 20.2 Å². The van der Waals surface area contributed by atoms with Crippen molar-refractivity contribution in [3.8, 4) is 0 Å². The highest BCUT2D eigenvalue weighted by molar-refractivity contribution is 5.94. The van der Waals surface area contributed by atoms with Crippen molar-refractivity contribution in [2.24, 2.45) is 0 Å². The molecule has 0 aliphatic heterocycles. The number of hydrogen-bond donors (Lipinski definition) is 3. The largest absolute Gasteiger partial charge is 0.399 e. The van der Waals surface area contributed by atoms with Crippen molar-refractivity contribution in [1.82, 2.24) is 4.90 Å². The molecule has 0 aliphatic rings. The summed E-state index contributed by atoms with van der Waals surface area (Å²) in [5.41, 5.74) is 6.63. The maximum absolute atomic E-state index is 12.4. The molecule has 0 spiro atoms. The summed E-state index contributed by atoms with van der Waals surface area (Å²) in [7, 11) is 0. The number of nitrogens with two attached hydrogens (primary N) is 1. The zero-order valence-electron chi connectivity index (χ0n) is 11.2. The zero-order chi connectivity index (χ0) is 15.1. The summed E-state index contributed by atoms with van der Waals surface area (Å²) in [6.07, 6.45) is -2.56. The number of carbonyl (C=O) groups excluding carboxylic acids is 1. The van der Waals surface area contributed by atoms with E-state index in [9.17, 15) is 13.6 Å². The number of nitrogen functional groups attached to an aromatic ring is 1. The van der Waals surface area contributed by atoms with Gasteiger partial charge in [-0.2, -0.15) is 0 Å². The van der Waals surface area contributed by atoms with Gasteiger partial charge in [0, 0.05) is 17.9 Å². The van der Waals surface area contributed by atoms with Crippen LogP contribution in [0.2, 0.25) is 0 Å². The van der Waals surface area contributed by atoms with Gasteiger partial charge >= 0.3 is 0 Å². The molecule has 0 heterocycles. The second kappa shape index (κ2) is 7.76. The van der Waals surface area contributed by atoms with Crippen LogP contribution in [0.25, 0.3) is 0 Å². The van der Waals surface area contributed by atoms with Crippen LogP contribution in [0.1, 0.15) is 6.92 Å². The molecule has 0 bridgehead atoms. The zero-order valence-corrected chi connectivity index (χ0v) is 11.2. The highest BCUT2D eigenvalue weighted by atomic mass is 19.3. The maximum atomic E-state index is 12.4. The molecule has 5 nitrogen and oxygen atoms in total. The standard InChI is InChI=1S/C13H19F2N3O2/c1-9(18(6-7-19)8-12(14)15)13(20)17-11-4-2-10(16)3-5-11/h2-5,9,12,19H,6-8,16H2,1H3,(H,17,20). The lowest BCUT2D eigenvalue weighted by molar-refractivity contribution is -0.121. The van der Waals surface area contributed by atoms with Gasteiger partial charge in [-0.25, -0.2) is 8.78 Å². The molecule has 7 heteroatoms. The molecule has 20 heavy (non-hydrogen) atoms. The Kier molecular flexibility index (Phi) is 6.33. The summed E-state index contributed by atoms with van der Waals surface area (Å²) in [4.78, 5) is 13.2. The van der Waals surface area contributed by atoms with Crippen molar-refractivity contribution in [3.05, 3.63) is 24.3 Å². The van der Waals surface area contributed by atoms with Crippen molar-refractivity contribution in [2.75, 3.05) is 30.7 Å². The Morgan fingerprint density at radius 1 is 1.40 bits per heavy atom. The summed E-state index contributed by atoms with van der Waals surface area (Å²) in [6, 6.07) is 5.75. The van der Waals surface area contributed by atoms with Crippen molar-refractivity contribution >= 4 is 17.3 Å². The van der Waals surface area contributed by atoms with Crippen LogP contribution in [0.3, 0.4) is 0 Å². The van der Waals surface area contributed by atoms with Crippen LogP contribution in [-0.2, 0) is 4.79 Å². The summed E-state index contributed by atoms with van der Waals surface area (Å²) in [5.74, 6) is -0.413. The molecular formula is C13H19F2N3O2. The number of aliphatic hydroxyl groups is 1. The van der Waals surface area contributed by atoms with E-state index >= 15 is 0 Å². The second-order valence-electron chi connectivity index (χ2n) is 4.40. The Hall–Kier alpha value is -1.73. The number of amides is 1. The van der Waals surface area contributed by atoms with Crippen molar-refractivity contribution in [2.45, 2.75) is 19.4 Å². The molecule has 0 fully saturated rings. The van der Waals surface area contributed by atoms with Gasteiger partial charge in [-0.15, -0.1) is 0 Å².